The van der Waals surface area contributed by atoms with Gasteiger partial charge in [-0.15, -0.1) is 11.8 Å². The summed E-state index contributed by atoms with van der Waals surface area (Å²) in [5, 5.41) is 0.440. The molecule has 0 spiro atoms. The van der Waals surface area contributed by atoms with Gasteiger partial charge in [0.1, 0.15) is 0 Å². The summed E-state index contributed by atoms with van der Waals surface area (Å²) in [6.07, 6.45) is 8.53. The van der Waals surface area contributed by atoms with Crippen LogP contribution in [0.15, 0.2) is 53.5 Å². The third-order valence-corrected chi connectivity index (χ3v) is 4.09. The molecule has 2 unspecified atom stereocenters. The lowest BCUT2D eigenvalue weighted by molar-refractivity contribution is 0.815. The van der Waals surface area contributed by atoms with Gasteiger partial charge in [-0.25, -0.2) is 0 Å². The first-order valence-corrected chi connectivity index (χ1v) is 5.89. The van der Waals surface area contributed by atoms with E-state index < -0.39 is 0 Å². The number of hydrogen-bond donors (Lipinski definition) is 0. The number of nitrogens with zero attached hydrogens (tertiary/aromatic N) is 1. The summed E-state index contributed by atoms with van der Waals surface area (Å²) in [5.41, 5.74) is 1.13. The van der Waals surface area contributed by atoms with Crippen LogP contribution in [-0.4, -0.2) is 19.3 Å². The largest absolute Gasteiger partial charge is 0.417 e. The second kappa shape index (κ2) is 3.49. The van der Waals surface area contributed by atoms with Gasteiger partial charge >= 0.3 is 0 Å². The Morgan fingerprint density at radius 1 is 1.13 bits per heavy atom. The van der Waals surface area contributed by atoms with Gasteiger partial charge in [-0.1, -0.05) is 36.4 Å². The molecule has 1 aliphatic heterocycles. The molecule has 1 aromatic rings. The van der Waals surface area contributed by atoms with E-state index in [-0.39, 0.29) is 6.04 Å². The molecule has 2 atom stereocenters. The third kappa shape index (κ3) is 1.42. The molecule has 3 rings (SSSR count). The first-order valence-electron chi connectivity index (χ1n) is 5.01. The van der Waals surface area contributed by atoms with Gasteiger partial charge in [0.25, 0.3) is 0 Å². The topological polar surface area (TPSA) is 3.24 Å². The minimum atomic E-state index is 0.287. The summed E-state index contributed by atoms with van der Waals surface area (Å²) in [4.78, 5) is 3.14. The van der Waals surface area contributed by atoms with Crippen LogP contribution in [0.1, 0.15) is 0 Å². The van der Waals surface area contributed by atoms with Crippen LogP contribution in [0.3, 0.4) is 0 Å². The highest BCUT2D eigenvalue weighted by atomic mass is 32.2. The maximum absolute atomic E-state index is 6.14. The van der Waals surface area contributed by atoms with E-state index in [1.165, 1.54) is 4.90 Å². The van der Waals surface area contributed by atoms with Crippen molar-refractivity contribution >= 4 is 25.4 Å². The third-order valence-electron chi connectivity index (χ3n) is 2.78. The van der Waals surface area contributed by atoms with Crippen LogP contribution >= 0.6 is 11.8 Å². The monoisotopic (exact) mass is 211 g/mol. The standard InChI is InChI=1S/C12H10BNS/c13-14-9-5-1-3-7-11(9)15-12-8-4-2-6-10(12)14/h1-9,11H. The molecule has 0 bridgehead atoms. The van der Waals surface area contributed by atoms with Crippen LogP contribution in [0.4, 0.5) is 5.69 Å². The molecule has 0 saturated carbocycles. The van der Waals surface area contributed by atoms with E-state index in [4.69, 9.17) is 7.98 Å². The molecule has 0 saturated heterocycles. The van der Waals surface area contributed by atoms with Crippen LogP contribution in [0.2, 0.25) is 0 Å². The maximum atomic E-state index is 6.14. The maximum Gasteiger partial charge on any atom is 0.227 e. The van der Waals surface area contributed by atoms with Crippen molar-refractivity contribution in [3.8, 4) is 0 Å². The quantitative estimate of drug-likeness (QED) is 0.606. The van der Waals surface area contributed by atoms with E-state index in [1.54, 1.807) is 0 Å². The van der Waals surface area contributed by atoms with Crippen LogP contribution in [0, 0.1) is 0 Å². The first-order chi connectivity index (χ1) is 7.36. The molecule has 2 radical (unpaired) electrons. The van der Waals surface area contributed by atoms with E-state index in [2.05, 4.69) is 42.5 Å². The summed E-state index contributed by atoms with van der Waals surface area (Å²) in [6.45, 7) is 0. The summed E-state index contributed by atoms with van der Waals surface area (Å²) < 4.78 is 0. The lowest BCUT2D eigenvalue weighted by atomic mass is 10.0. The molecule has 0 fully saturated rings. The Balaban J connectivity index is 2.07. The second-order valence-corrected chi connectivity index (χ2v) is 4.94. The van der Waals surface area contributed by atoms with E-state index in [9.17, 15) is 0 Å². The van der Waals surface area contributed by atoms with Gasteiger partial charge in [-0.2, -0.15) is 0 Å². The molecule has 0 amide bonds. The molecule has 1 aromatic carbocycles. The van der Waals surface area contributed by atoms with E-state index in [1.807, 2.05) is 22.6 Å². The molecular weight excluding hydrogens is 201 g/mol. The van der Waals surface area contributed by atoms with Gasteiger partial charge < -0.3 is 4.81 Å². The Morgan fingerprint density at radius 3 is 2.87 bits per heavy atom. The van der Waals surface area contributed by atoms with Gasteiger partial charge in [0.05, 0.1) is 11.3 Å². The Hall–Kier alpha value is -1.09. The predicted molar refractivity (Wildman–Crippen MR) is 66.4 cm³/mol. The molecular formula is C12H10BNS. The van der Waals surface area contributed by atoms with Crippen LogP contribution < -0.4 is 4.81 Å². The highest BCUT2D eigenvalue weighted by molar-refractivity contribution is 8.00. The fourth-order valence-electron chi connectivity index (χ4n) is 2.01. The zero-order valence-corrected chi connectivity index (χ0v) is 9.02. The molecule has 0 aromatic heterocycles. The molecule has 1 aliphatic carbocycles. The highest BCUT2D eigenvalue weighted by Gasteiger charge is 2.29. The fourth-order valence-corrected chi connectivity index (χ4v) is 3.29. The number of anilines is 1. The average Bonchev–Trinajstić information content (AvgIpc) is 2.30. The molecule has 1 heterocycles. The van der Waals surface area contributed by atoms with E-state index in [0.29, 0.717) is 5.25 Å². The Kier molecular flexibility index (Phi) is 2.13. The van der Waals surface area contributed by atoms with Crippen molar-refractivity contribution in [1.82, 2.24) is 0 Å². The van der Waals surface area contributed by atoms with Crippen molar-refractivity contribution in [1.29, 1.82) is 0 Å². The van der Waals surface area contributed by atoms with Crippen LogP contribution in [-0.2, 0) is 0 Å². The van der Waals surface area contributed by atoms with Crippen molar-refractivity contribution < 1.29 is 0 Å². The lowest BCUT2D eigenvalue weighted by Gasteiger charge is -2.40. The minimum absolute atomic E-state index is 0.287. The van der Waals surface area contributed by atoms with Crippen molar-refractivity contribution in [3.63, 3.8) is 0 Å². The second-order valence-electron chi connectivity index (χ2n) is 3.72. The number of allylic oxidation sites excluding steroid dienone is 2. The number of rotatable bonds is 0. The zero-order chi connectivity index (χ0) is 10.3. The number of hydrogen-bond acceptors (Lipinski definition) is 2. The molecule has 2 aliphatic rings. The average molecular weight is 211 g/mol. The van der Waals surface area contributed by atoms with Gasteiger partial charge in [-0.3, -0.25) is 0 Å². The summed E-state index contributed by atoms with van der Waals surface area (Å²) >= 11 is 1.88. The van der Waals surface area contributed by atoms with Crippen molar-refractivity contribution in [3.05, 3.63) is 48.6 Å². The fraction of sp³-hybridized carbons (Fsp3) is 0.167. The number of benzene rings is 1. The SMILES string of the molecule is [B]N1c2ccccc2SC2C=CC=CC21. The van der Waals surface area contributed by atoms with Gasteiger partial charge in [-0.05, 0) is 12.1 Å². The van der Waals surface area contributed by atoms with Crippen molar-refractivity contribution in [2.45, 2.75) is 16.2 Å². The normalized spacial score (nSPS) is 27.3. The smallest absolute Gasteiger partial charge is 0.227 e. The summed E-state index contributed by atoms with van der Waals surface area (Å²) in [5.74, 6) is 0. The molecule has 0 N–H and O–H groups in total. The minimum Gasteiger partial charge on any atom is -0.417 e. The number of para-hydroxylation sites is 1. The van der Waals surface area contributed by atoms with Gasteiger partial charge in [0.2, 0.25) is 7.98 Å². The van der Waals surface area contributed by atoms with E-state index in [0.717, 1.165) is 5.69 Å². The number of fused-ring (bicyclic) bond motifs is 2. The molecule has 15 heavy (non-hydrogen) atoms. The molecule has 1 nitrogen and oxygen atoms in total. The lowest BCUT2D eigenvalue weighted by Crippen LogP contribution is -2.42. The Labute approximate surface area is 95.3 Å². The van der Waals surface area contributed by atoms with Crippen LogP contribution in [0.25, 0.3) is 0 Å². The Morgan fingerprint density at radius 2 is 1.93 bits per heavy atom. The first kappa shape index (κ1) is 9.16. The van der Waals surface area contributed by atoms with Crippen molar-refractivity contribution in [2.24, 2.45) is 0 Å². The highest BCUT2D eigenvalue weighted by Crippen LogP contribution is 2.42. The zero-order valence-electron chi connectivity index (χ0n) is 8.21. The number of thioether (sulfide) groups is 1. The molecule has 72 valence electrons. The van der Waals surface area contributed by atoms with Gasteiger partial charge in [0.15, 0.2) is 0 Å². The molecule has 3 heteroatoms. The summed E-state index contributed by atoms with van der Waals surface area (Å²) in [6, 6.07) is 8.58. The van der Waals surface area contributed by atoms with Crippen LogP contribution in [0.5, 0.6) is 0 Å². The predicted octanol–water partition coefficient (Wildman–Crippen LogP) is 2.55. The van der Waals surface area contributed by atoms with Gasteiger partial charge in [0, 0.05) is 10.6 Å². The summed E-state index contributed by atoms with van der Waals surface area (Å²) in [7, 11) is 6.14. The Bertz CT molecular complexity index is 441. The van der Waals surface area contributed by atoms with E-state index >= 15 is 0 Å². The van der Waals surface area contributed by atoms with Crippen molar-refractivity contribution in [2.75, 3.05) is 4.81 Å².